The van der Waals surface area contributed by atoms with E-state index in [2.05, 4.69) is 0 Å². The fourth-order valence-electron chi connectivity index (χ4n) is 1.98. The molecular formula is C14H21F2NO. The number of hydrogen-bond donors (Lipinski definition) is 1. The van der Waals surface area contributed by atoms with E-state index in [1.807, 2.05) is 32.9 Å². The van der Waals surface area contributed by atoms with Crippen LogP contribution in [-0.4, -0.2) is 19.1 Å². The van der Waals surface area contributed by atoms with Gasteiger partial charge in [-0.05, 0) is 43.4 Å². The first-order valence-electron chi connectivity index (χ1n) is 6.20. The molecule has 4 heteroatoms. The van der Waals surface area contributed by atoms with E-state index in [4.69, 9.17) is 10.5 Å². The quantitative estimate of drug-likeness (QED) is 0.849. The molecule has 1 atom stereocenters. The zero-order valence-corrected chi connectivity index (χ0v) is 11.2. The first kappa shape index (κ1) is 14.9. The first-order valence-corrected chi connectivity index (χ1v) is 6.20. The van der Waals surface area contributed by atoms with E-state index in [0.717, 1.165) is 29.5 Å². The number of alkyl halides is 2. The number of benzene rings is 1. The molecule has 1 aromatic carbocycles. The number of hydrogen-bond acceptors (Lipinski definition) is 2. The maximum Gasteiger partial charge on any atom is 0.272 e. The lowest BCUT2D eigenvalue weighted by Gasteiger charge is -2.15. The molecule has 0 bridgehead atoms. The number of nitrogens with two attached hydrogens (primary N) is 1. The predicted octanol–water partition coefficient (Wildman–Crippen LogP) is 3.23. The van der Waals surface area contributed by atoms with Gasteiger partial charge >= 0.3 is 0 Å². The van der Waals surface area contributed by atoms with Gasteiger partial charge < -0.3 is 10.5 Å². The van der Waals surface area contributed by atoms with E-state index in [1.165, 1.54) is 0 Å². The van der Waals surface area contributed by atoms with Crippen molar-refractivity contribution in [3.05, 3.63) is 28.8 Å². The summed E-state index contributed by atoms with van der Waals surface area (Å²) in [5.41, 5.74) is 8.81. The molecule has 1 unspecified atom stereocenters. The second-order valence-electron chi connectivity index (χ2n) is 4.63. The molecule has 0 aromatic heterocycles. The molecule has 0 aliphatic rings. The van der Waals surface area contributed by atoms with Crippen LogP contribution in [0.15, 0.2) is 12.1 Å². The summed E-state index contributed by atoms with van der Waals surface area (Å²) in [6.07, 6.45) is -0.730. The van der Waals surface area contributed by atoms with Crippen molar-refractivity contribution in [1.29, 1.82) is 0 Å². The molecule has 1 aromatic rings. The van der Waals surface area contributed by atoms with E-state index >= 15 is 0 Å². The summed E-state index contributed by atoms with van der Waals surface area (Å²) in [7, 11) is 0. The Labute approximate surface area is 107 Å². The van der Waals surface area contributed by atoms with E-state index < -0.39 is 13.0 Å². The first-order chi connectivity index (χ1) is 8.43. The predicted molar refractivity (Wildman–Crippen MR) is 69.4 cm³/mol. The third-order valence-corrected chi connectivity index (χ3v) is 2.90. The van der Waals surface area contributed by atoms with Crippen LogP contribution < -0.4 is 10.5 Å². The molecule has 0 radical (unpaired) electrons. The van der Waals surface area contributed by atoms with Crippen molar-refractivity contribution < 1.29 is 13.5 Å². The lowest BCUT2D eigenvalue weighted by Crippen LogP contribution is -2.21. The fourth-order valence-corrected chi connectivity index (χ4v) is 1.98. The van der Waals surface area contributed by atoms with Gasteiger partial charge in [-0.2, -0.15) is 0 Å². The summed E-state index contributed by atoms with van der Waals surface area (Å²) >= 11 is 0. The molecule has 0 aliphatic carbocycles. The van der Waals surface area contributed by atoms with Crippen LogP contribution in [0.25, 0.3) is 0 Å². The van der Waals surface area contributed by atoms with Crippen LogP contribution in [0, 0.1) is 13.8 Å². The average molecular weight is 257 g/mol. The van der Waals surface area contributed by atoms with E-state index in [1.54, 1.807) is 0 Å². The Hall–Kier alpha value is -1.16. The maximum absolute atomic E-state index is 12.1. The third-order valence-electron chi connectivity index (χ3n) is 2.90. The molecule has 0 saturated carbocycles. The molecule has 0 spiro atoms. The summed E-state index contributed by atoms with van der Waals surface area (Å²) in [6.45, 7) is 5.23. The Kier molecular flexibility index (Phi) is 5.54. The lowest BCUT2D eigenvalue weighted by atomic mass is 9.99. The largest absolute Gasteiger partial charge is 0.487 e. The second-order valence-corrected chi connectivity index (χ2v) is 4.63. The third kappa shape index (κ3) is 4.26. The van der Waals surface area contributed by atoms with Gasteiger partial charge in [0.1, 0.15) is 12.4 Å². The van der Waals surface area contributed by atoms with Crippen LogP contribution in [0.2, 0.25) is 0 Å². The van der Waals surface area contributed by atoms with Gasteiger partial charge in [-0.15, -0.1) is 0 Å². The molecule has 0 saturated heterocycles. The van der Waals surface area contributed by atoms with Gasteiger partial charge in [0, 0.05) is 6.04 Å². The van der Waals surface area contributed by atoms with Gasteiger partial charge in [0.15, 0.2) is 0 Å². The van der Waals surface area contributed by atoms with Crippen molar-refractivity contribution >= 4 is 0 Å². The Balaban J connectivity index is 2.83. The highest BCUT2D eigenvalue weighted by atomic mass is 19.3. The van der Waals surface area contributed by atoms with Crippen molar-refractivity contribution in [3.63, 3.8) is 0 Å². The highest BCUT2D eigenvalue weighted by molar-refractivity contribution is 5.43. The number of ether oxygens (including phenoxy) is 1. The van der Waals surface area contributed by atoms with Crippen LogP contribution in [0.4, 0.5) is 8.78 Å². The molecule has 1 rings (SSSR count). The van der Waals surface area contributed by atoms with E-state index in [-0.39, 0.29) is 6.04 Å². The van der Waals surface area contributed by atoms with E-state index in [0.29, 0.717) is 5.75 Å². The Morgan fingerprint density at radius 2 is 1.78 bits per heavy atom. The summed E-state index contributed by atoms with van der Waals surface area (Å²) < 4.78 is 29.4. The summed E-state index contributed by atoms with van der Waals surface area (Å²) in [4.78, 5) is 0. The molecule has 102 valence electrons. The second kappa shape index (κ2) is 6.69. The van der Waals surface area contributed by atoms with Gasteiger partial charge in [0.2, 0.25) is 0 Å². The highest BCUT2D eigenvalue weighted by Crippen LogP contribution is 2.25. The lowest BCUT2D eigenvalue weighted by molar-refractivity contribution is 0.0812. The molecule has 2 nitrogen and oxygen atoms in total. The minimum absolute atomic E-state index is 0.136. The van der Waals surface area contributed by atoms with Crippen molar-refractivity contribution in [2.75, 3.05) is 6.61 Å². The van der Waals surface area contributed by atoms with Crippen LogP contribution in [0.1, 0.15) is 30.0 Å². The smallest absolute Gasteiger partial charge is 0.272 e. The normalized spacial score (nSPS) is 12.8. The standard InChI is InChI=1S/C14H21F2NO/c1-4-12(17)7-11-5-9(2)14(10(3)6-11)18-8-13(15)16/h5-6,12-13H,4,7-8,17H2,1-3H3. The van der Waals surface area contributed by atoms with Gasteiger partial charge in [0.25, 0.3) is 6.43 Å². The number of halogens is 2. The monoisotopic (exact) mass is 257 g/mol. The Bertz CT molecular complexity index is 370. The van der Waals surface area contributed by atoms with Crippen molar-refractivity contribution in [1.82, 2.24) is 0 Å². The van der Waals surface area contributed by atoms with Crippen LogP contribution in [0.5, 0.6) is 5.75 Å². The summed E-state index contributed by atoms with van der Waals surface area (Å²) in [5, 5.41) is 0. The fraction of sp³-hybridized carbons (Fsp3) is 0.571. The minimum atomic E-state index is -2.45. The van der Waals surface area contributed by atoms with Crippen molar-refractivity contribution in [2.24, 2.45) is 5.73 Å². The summed E-state index contributed by atoms with van der Waals surface area (Å²) in [5.74, 6) is 0.559. The number of rotatable bonds is 6. The zero-order chi connectivity index (χ0) is 13.7. The molecule has 2 N–H and O–H groups in total. The highest BCUT2D eigenvalue weighted by Gasteiger charge is 2.11. The SMILES string of the molecule is CCC(N)Cc1cc(C)c(OCC(F)F)c(C)c1. The van der Waals surface area contributed by atoms with Crippen molar-refractivity contribution in [2.45, 2.75) is 46.1 Å². The van der Waals surface area contributed by atoms with Gasteiger partial charge in [-0.25, -0.2) is 8.78 Å². The van der Waals surface area contributed by atoms with Crippen molar-refractivity contribution in [3.8, 4) is 5.75 Å². The molecule has 0 aliphatic heterocycles. The minimum Gasteiger partial charge on any atom is -0.487 e. The van der Waals surface area contributed by atoms with Gasteiger partial charge in [-0.1, -0.05) is 19.1 Å². The molecule has 0 amide bonds. The molecule has 18 heavy (non-hydrogen) atoms. The maximum atomic E-state index is 12.1. The molecule has 0 fully saturated rings. The zero-order valence-electron chi connectivity index (χ0n) is 11.2. The Morgan fingerprint density at radius 1 is 1.22 bits per heavy atom. The molecular weight excluding hydrogens is 236 g/mol. The Morgan fingerprint density at radius 3 is 2.22 bits per heavy atom. The number of aryl methyl sites for hydroxylation is 2. The topological polar surface area (TPSA) is 35.2 Å². The average Bonchev–Trinajstić information content (AvgIpc) is 2.27. The van der Waals surface area contributed by atoms with Crippen LogP contribution in [-0.2, 0) is 6.42 Å². The van der Waals surface area contributed by atoms with Gasteiger partial charge in [0.05, 0.1) is 0 Å². The molecule has 0 heterocycles. The van der Waals surface area contributed by atoms with E-state index in [9.17, 15) is 8.78 Å². The van der Waals surface area contributed by atoms with Crippen LogP contribution >= 0.6 is 0 Å². The summed E-state index contributed by atoms with van der Waals surface area (Å²) in [6, 6.07) is 4.06. The van der Waals surface area contributed by atoms with Crippen LogP contribution in [0.3, 0.4) is 0 Å². The van der Waals surface area contributed by atoms with Gasteiger partial charge in [-0.3, -0.25) is 0 Å².